The van der Waals surface area contributed by atoms with Gasteiger partial charge in [0, 0.05) is 10.9 Å². The first-order valence-electron chi connectivity index (χ1n) is 9.40. The van der Waals surface area contributed by atoms with Gasteiger partial charge in [-0.1, -0.05) is 53.2 Å². The predicted molar refractivity (Wildman–Crippen MR) is 114 cm³/mol. The highest BCUT2D eigenvalue weighted by atomic mass is 32.1. The van der Waals surface area contributed by atoms with Gasteiger partial charge in [0.25, 0.3) is 0 Å². The van der Waals surface area contributed by atoms with Gasteiger partial charge in [-0.15, -0.1) is 11.3 Å². The van der Waals surface area contributed by atoms with Crippen molar-refractivity contribution in [2.24, 2.45) is 0 Å². The first-order valence-corrected chi connectivity index (χ1v) is 10.3. The zero-order valence-electron chi connectivity index (χ0n) is 16.3. The van der Waals surface area contributed by atoms with Crippen molar-refractivity contribution < 1.29 is 5.11 Å². The lowest BCUT2D eigenvalue weighted by Gasteiger charge is -2.07. The van der Waals surface area contributed by atoms with Gasteiger partial charge in [0.2, 0.25) is 0 Å². The van der Waals surface area contributed by atoms with Crippen LogP contribution in [0.25, 0.3) is 32.5 Å². The van der Waals surface area contributed by atoms with Crippen LogP contribution in [0.15, 0.2) is 35.7 Å². The fourth-order valence-electron chi connectivity index (χ4n) is 2.65. The molecule has 0 saturated heterocycles. The Labute approximate surface area is 159 Å². The molecule has 5 heteroatoms. The number of nitrogens with zero attached hydrogens (tertiary/aromatic N) is 1. The Hall–Kier alpha value is -2.11. The molecule has 0 aliphatic carbocycles. The smallest absolute Gasteiger partial charge is 0.126 e. The molecule has 0 saturated carbocycles. The molecule has 1 aromatic carbocycles. The number of aliphatic hydroxyl groups excluding tert-OH is 1. The van der Waals surface area contributed by atoms with Gasteiger partial charge in [0.05, 0.1) is 22.0 Å². The summed E-state index contributed by atoms with van der Waals surface area (Å²) >= 11 is 1.68. The molecule has 140 valence electrons. The average molecular weight is 372 g/mol. The van der Waals surface area contributed by atoms with Crippen LogP contribution >= 0.6 is 11.3 Å². The number of hydrogen-bond acceptors (Lipinski definition) is 3. The van der Waals surface area contributed by atoms with Gasteiger partial charge in [-0.25, -0.2) is 0 Å². The Bertz CT molecular complexity index is 935. The van der Waals surface area contributed by atoms with Crippen molar-refractivity contribution in [3.63, 3.8) is 0 Å². The minimum absolute atomic E-state index is 0.407. The van der Waals surface area contributed by atoms with Crippen molar-refractivity contribution >= 4 is 32.5 Å². The van der Waals surface area contributed by atoms with Gasteiger partial charge in [0.15, 0.2) is 0 Å². The molecule has 0 bridgehead atoms. The number of H-pyrrole nitrogens is 2. The van der Waals surface area contributed by atoms with E-state index in [0.717, 1.165) is 38.1 Å². The average Bonchev–Trinajstić information content (AvgIpc) is 3.37. The van der Waals surface area contributed by atoms with Crippen molar-refractivity contribution in [2.45, 2.75) is 53.6 Å². The number of nitrogens with one attached hydrogen (secondary N) is 2. The topological polar surface area (TPSA) is 64.7 Å². The monoisotopic (exact) mass is 371 g/mol. The summed E-state index contributed by atoms with van der Waals surface area (Å²) in [7, 11) is 0. The van der Waals surface area contributed by atoms with Crippen molar-refractivity contribution in [2.75, 3.05) is 0 Å². The first kappa shape index (κ1) is 20.2. The van der Waals surface area contributed by atoms with Gasteiger partial charge in [-0.05, 0) is 35.6 Å². The minimum Gasteiger partial charge on any atom is -0.388 e. The molecule has 26 heavy (non-hydrogen) atoms. The number of aliphatic hydroxyl groups is 1. The second kappa shape index (κ2) is 9.55. The van der Waals surface area contributed by atoms with E-state index >= 15 is 0 Å². The summed E-state index contributed by atoms with van der Waals surface area (Å²) in [5.74, 6) is 0. The molecule has 0 aliphatic heterocycles. The highest BCUT2D eigenvalue weighted by molar-refractivity contribution is 7.17. The zero-order chi connectivity index (χ0) is 19.1. The summed E-state index contributed by atoms with van der Waals surface area (Å²) in [5, 5.41) is 20.6. The van der Waals surface area contributed by atoms with E-state index in [0.29, 0.717) is 6.42 Å². The molecule has 4 aromatic rings. The molecule has 3 N–H and O–H groups in total. The quantitative estimate of drug-likeness (QED) is 0.377. The van der Waals surface area contributed by atoms with Gasteiger partial charge in [-0.2, -0.15) is 5.10 Å². The van der Waals surface area contributed by atoms with E-state index in [-0.39, 0.29) is 0 Å². The lowest BCUT2D eigenvalue weighted by molar-refractivity contribution is 0.174. The summed E-state index contributed by atoms with van der Waals surface area (Å²) in [4.78, 5) is 3.41. The van der Waals surface area contributed by atoms with Crippen LogP contribution in [0.2, 0.25) is 0 Å². The molecule has 0 amide bonds. The standard InChI is InChI=1S/C16H15N3OS.C3H8.C2H6/c1-2-14(20)10-4-3-9-7-13(17-12(9)8-10)15-16-11(18-19-15)5-6-21-16;1-3-2;1-2/h3-8,14,17,20H,2H2,1H3,(H,18,19);3H2,1-2H3;1-2H3. The lowest BCUT2D eigenvalue weighted by Crippen LogP contribution is -1.94. The van der Waals surface area contributed by atoms with Crippen LogP contribution in [0.3, 0.4) is 0 Å². The number of fused-ring (bicyclic) bond motifs is 2. The third-order valence-corrected chi connectivity index (χ3v) is 4.76. The molecule has 1 unspecified atom stereocenters. The highest BCUT2D eigenvalue weighted by Crippen LogP contribution is 2.32. The number of hydrogen-bond donors (Lipinski definition) is 3. The van der Waals surface area contributed by atoms with E-state index in [2.05, 4.69) is 40.5 Å². The van der Waals surface area contributed by atoms with Crippen LogP contribution in [0.4, 0.5) is 0 Å². The van der Waals surface area contributed by atoms with E-state index in [1.54, 1.807) is 11.3 Å². The van der Waals surface area contributed by atoms with Crippen LogP contribution in [0.1, 0.15) is 59.1 Å². The van der Waals surface area contributed by atoms with Gasteiger partial charge in [0.1, 0.15) is 5.69 Å². The first-order chi connectivity index (χ1) is 12.7. The van der Waals surface area contributed by atoms with Gasteiger partial charge < -0.3 is 10.1 Å². The summed E-state index contributed by atoms with van der Waals surface area (Å²) in [5.41, 5.74) is 5.00. The second-order valence-electron chi connectivity index (χ2n) is 5.90. The molecule has 0 radical (unpaired) electrons. The van der Waals surface area contributed by atoms with Crippen LogP contribution in [-0.4, -0.2) is 20.3 Å². The number of aromatic amines is 2. The third kappa shape index (κ3) is 4.17. The molecule has 4 nitrogen and oxygen atoms in total. The van der Waals surface area contributed by atoms with E-state index in [4.69, 9.17) is 0 Å². The van der Waals surface area contributed by atoms with Crippen LogP contribution in [0.5, 0.6) is 0 Å². The fraction of sp³-hybridized carbons (Fsp3) is 0.381. The number of benzene rings is 1. The minimum atomic E-state index is -0.407. The summed E-state index contributed by atoms with van der Waals surface area (Å²) in [6.07, 6.45) is 1.56. The number of thiophene rings is 1. The number of rotatable bonds is 3. The second-order valence-corrected chi connectivity index (χ2v) is 6.81. The van der Waals surface area contributed by atoms with Crippen LogP contribution in [-0.2, 0) is 0 Å². The zero-order valence-corrected chi connectivity index (χ0v) is 17.1. The van der Waals surface area contributed by atoms with E-state index < -0.39 is 6.10 Å². The summed E-state index contributed by atoms with van der Waals surface area (Å²) in [6.45, 7) is 10.2. The molecule has 0 spiro atoms. The Morgan fingerprint density at radius 1 is 1.08 bits per heavy atom. The molecule has 3 aromatic heterocycles. The normalized spacial score (nSPS) is 11.6. The Morgan fingerprint density at radius 2 is 1.81 bits per heavy atom. The number of aromatic nitrogens is 3. The SMILES string of the molecule is CC.CCC.CCC(O)c1ccc2cc(-c3n[nH]c4ccsc34)[nH]c2c1. The fourth-order valence-corrected chi connectivity index (χ4v) is 3.49. The third-order valence-electron chi connectivity index (χ3n) is 3.84. The largest absolute Gasteiger partial charge is 0.388 e. The predicted octanol–water partition coefficient (Wildman–Crippen LogP) is 6.66. The van der Waals surface area contributed by atoms with Crippen molar-refractivity contribution in [3.8, 4) is 11.4 Å². The van der Waals surface area contributed by atoms with Crippen LogP contribution in [0, 0.1) is 0 Å². The highest BCUT2D eigenvalue weighted by Gasteiger charge is 2.13. The Morgan fingerprint density at radius 3 is 2.50 bits per heavy atom. The van der Waals surface area contributed by atoms with Crippen molar-refractivity contribution in [3.05, 3.63) is 41.3 Å². The molecular formula is C21H29N3OS. The molecule has 1 atom stereocenters. The Balaban J connectivity index is 0.000000444. The molecule has 4 rings (SSSR count). The van der Waals surface area contributed by atoms with Crippen molar-refractivity contribution in [1.29, 1.82) is 0 Å². The summed E-state index contributed by atoms with van der Waals surface area (Å²) < 4.78 is 1.16. The maximum Gasteiger partial charge on any atom is 0.126 e. The Kier molecular flexibility index (Phi) is 7.42. The van der Waals surface area contributed by atoms with E-state index in [1.165, 1.54) is 6.42 Å². The van der Waals surface area contributed by atoms with Gasteiger partial charge in [-0.3, -0.25) is 5.10 Å². The maximum absolute atomic E-state index is 9.96. The van der Waals surface area contributed by atoms with Crippen LogP contribution < -0.4 is 0 Å². The van der Waals surface area contributed by atoms with Crippen molar-refractivity contribution in [1.82, 2.24) is 15.2 Å². The lowest BCUT2D eigenvalue weighted by atomic mass is 10.1. The summed E-state index contributed by atoms with van der Waals surface area (Å²) in [6, 6.07) is 10.2. The molecule has 0 aliphatic rings. The molecular weight excluding hydrogens is 342 g/mol. The van der Waals surface area contributed by atoms with Gasteiger partial charge >= 0.3 is 0 Å². The molecule has 0 fully saturated rings. The maximum atomic E-state index is 9.96. The van der Waals surface area contributed by atoms with E-state index in [1.807, 2.05) is 45.0 Å². The van der Waals surface area contributed by atoms with E-state index in [9.17, 15) is 5.11 Å². The molecule has 3 heterocycles.